The molecule has 22 heavy (non-hydrogen) atoms. The van der Waals surface area contributed by atoms with Gasteiger partial charge in [-0.1, -0.05) is 46.3 Å². The molecule has 0 saturated heterocycles. The van der Waals surface area contributed by atoms with E-state index < -0.39 is 10.0 Å². The van der Waals surface area contributed by atoms with E-state index >= 15 is 0 Å². The molecule has 1 atom stereocenters. The molecule has 0 amide bonds. The normalized spacial score (nSPS) is 13.3. The molecule has 0 aliphatic heterocycles. The highest BCUT2D eigenvalue weighted by atomic mass is 79.9. The first-order valence-electron chi connectivity index (χ1n) is 6.85. The lowest BCUT2D eigenvalue weighted by Gasteiger charge is -2.25. The second-order valence-electron chi connectivity index (χ2n) is 5.30. The summed E-state index contributed by atoms with van der Waals surface area (Å²) >= 11 is 3.55. The fourth-order valence-electron chi connectivity index (χ4n) is 2.22. The van der Waals surface area contributed by atoms with Crippen molar-refractivity contribution in [3.63, 3.8) is 0 Å². The molecule has 2 rings (SSSR count). The van der Waals surface area contributed by atoms with E-state index in [2.05, 4.69) is 33.8 Å². The number of nitrogens with two attached hydrogens (primary N) is 1. The second-order valence-corrected chi connectivity index (χ2v) is 7.71. The summed E-state index contributed by atoms with van der Waals surface area (Å²) in [6.07, 6.45) is 0. The molecule has 6 heteroatoms. The smallest absolute Gasteiger partial charge is 0.238 e. The number of hydrogen-bond donors (Lipinski definition) is 1. The predicted molar refractivity (Wildman–Crippen MR) is 91.8 cm³/mol. The summed E-state index contributed by atoms with van der Waals surface area (Å²) < 4.78 is 23.7. The molecule has 4 nitrogen and oxygen atoms in total. The van der Waals surface area contributed by atoms with Crippen LogP contribution < -0.4 is 5.14 Å². The number of halogens is 1. The SMILES string of the molecule is C[C@H](c1ccc(S(N)(=O)=O)cc1)N(C)Cc1ccccc1Br. The third-order valence-corrected chi connectivity index (χ3v) is 5.43. The molecule has 2 aromatic rings. The van der Waals surface area contributed by atoms with Crippen molar-refractivity contribution in [2.45, 2.75) is 24.4 Å². The lowest BCUT2D eigenvalue weighted by molar-refractivity contribution is 0.252. The molecule has 2 N–H and O–H groups in total. The Balaban J connectivity index is 2.14. The molecular formula is C16H19BrN2O2S. The Morgan fingerprint density at radius 2 is 1.73 bits per heavy atom. The van der Waals surface area contributed by atoms with E-state index in [9.17, 15) is 8.42 Å². The fourth-order valence-corrected chi connectivity index (χ4v) is 3.15. The molecule has 0 aliphatic carbocycles. The molecule has 2 aromatic carbocycles. The van der Waals surface area contributed by atoms with E-state index in [0.717, 1.165) is 16.6 Å². The minimum Gasteiger partial charge on any atom is -0.295 e. The third kappa shape index (κ3) is 4.16. The molecule has 0 spiro atoms. The maximum atomic E-state index is 11.3. The van der Waals surface area contributed by atoms with E-state index in [4.69, 9.17) is 5.14 Å². The van der Waals surface area contributed by atoms with Gasteiger partial charge in [-0.15, -0.1) is 0 Å². The van der Waals surface area contributed by atoms with Gasteiger partial charge < -0.3 is 0 Å². The first-order chi connectivity index (χ1) is 10.3. The van der Waals surface area contributed by atoms with Crippen molar-refractivity contribution in [3.05, 3.63) is 64.1 Å². The van der Waals surface area contributed by atoms with Crippen LogP contribution in [0.4, 0.5) is 0 Å². The van der Waals surface area contributed by atoms with Crippen molar-refractivity contribution >= 4 is 26.0 Å². The van der Waals surface area contributed by atoms with E-state index in [1.165, 1.54) is 5.56 Å². The summed E-state index contributed by atoms with van der Waals surface area (Å²) in [5.74, 6) is 0. The van der Waals surface area contributed by atoms with Crippen LogP contribution in [0.15, 0.2) is 57.9 Å². The van der Waals surface area contributed by atoms with E-state index in [1.54, 1.807) is 24.3 Å². The summed E-state index contributed by atoms with van der Waals surface area (Å²) in [4.78, 5) is 2.34. The molecule has 0 aromatic heterocycles. The second kappa shape index (κ2) is 6.91. The minimum atomic E-state index is -3.64. The lowest BCUT2D eigenvalue weighted by atomic mass is 10.1. The van der Waals surface area contributed by atoms with Crippen LogP contribution in [0.25, 0.3) is 0 Å². The van der Waals surface area contributed by atoms with Crippen molar-refractivity contribution in [2.24, 2.45) is 5.14 Å². The number of benzene rings is 2. The zero-order chi connectivity index (χ0) is 16.3. The molecule has 118 valence electrons. The van der Waals surface area contributed by atoms with Gasteiger partial charge in [-0.25, -0.2) is 13.6 Å². The van der Waals surface area contributed by atoms with Gasteiger partial charge in [0, 0.05) is 17.1 Å². The lowest BCUT2D eigenvalue weighted by Crippen LogP contribution is -2.22. The quantitative estimate of drug-likeness (QED) is 0.862. The number of nitrogens with zero attached hydrogens (tertiary/aromatic N) is 1. The average molecular weight is 383 g/mol. The predicted octanol–water partition coefficient (Wildman–Crippen LogP) is 3.29. The molecule has 0 heterocycles. The molecule has 0 unspecified atom stereocenters. The zero-order valence-corrected chi connectivity index (χ0v) is 14.9. The number of hydrogen-bond acceptors (Lipinski definition) is 3. The van der Waals surface area contributed by atoms with Crippen LogP contribution in [-0.2, 0) is 16.6 Å². The Morgan fingerprint density at radius 1 is 1.14 bits per heavy atom. The average Bonchev–Trinajstić information content (AvgIpc) is 2.48. The van der Waals surface area contributed by atoms with Gasteiger partial charge in [0.25, 0.3) is 0 Å². The van der Waals surface area contributed by atoms with Gasteiger partial charge in [-0.05, 0) is 43.3 Å². The van der Waals surface area contributed by atoms with Crippen LogP contribution in [-0.4, -0.2) is 20.4 Å². The monoisotopic (exact) mass is 382 g/mol. The Bertz CT molecular complexity index is 745. The third-order valence-electron chi connectivity index (χ3n) is 3.73. The molecular weight excluding hydrogens is 364 g/mol. The first kappa shape index (κ1) is 17.1. The largest absolute Gasteiger partial charge is 0.295 e. The fraction of sp³-hybridized carbons (Fsp3) is 0.250. The Labute approximate surface area is 140 Å². The number of sulfonamides is 1. The minimum absolute atomic E-state index is 0.136. The van der Waals surface area contributed by atoms with Crippen molar-refractivity contribution in [3.8, 4) is 0 Å². The molecule has 0 saturated carbocycles. The number of primary sulfonamides is 1. The van der Waals surface area contributed by atoms with Gasteiger partial charge in [0.05, 0.1) is 4.90 Å². The van der Waals surface area contributed by atoms with Crippen molar-refractivity contribution < 1.29 is 8.42 Å². The Hall–Kier alpha value is -1.21. The molecule has 0 fully saturated rings. The molecule has 0 bridgehead atoms. The van der Waals surface area contributed by atoms with Crippen LogP contribution in [0.2, 0.25) is 0 Å². The molecule has 0 radical (unpaired) electrons. The van der Waals surface area contributed by atoms with E-state index in [1.807, 2.05) is 25.2 Å². The van der Waals surface area contributed by atoms with Crippen LogP contribution >= 0.6 is 15.9 Å². The van der Waals surface area contributed by atoms with Crippen LogP contribution in [0.5, 0.6) is 0 Å². The summed E-state index contributed by atoms with van der Waals surface area (Å²) in [6, 6.07) is 15.0. The van der Waals surface area contributed by atoms with Gasteiger partial charge >= 0.3 is 0 Å². The first-order valence-corrected chi connectivity index (χ1v) is 9.19. The number of rotatable bonds is 5. The van der Waals surface area contributed by atoms with Crippen molar-refractivity contribution in [1.82, 2.24) is 4.90 Å². The van der Waals surface area contributed by atoms with Gasteiger partial charge in [-0.3, -0.25) is 4.90 Å². The standard InChI is InChI=1S/C16H19BrN2O2S/c1-12(13-7-9-15(10-8-13)22(18,20)21)19(2)11-14-5-3-4-6-16(14)17/h3-10,12H,11H2,1-2H3,(H2,18,20,21)/t12-/m1/s1. The Kier molecular flexibility index (Phi) is 5.39. The van der Waals surface area contributed by atoms with Crippen LogP contribution in [0.1, 0.15) is 24.1 Å². The van der Waals surface area contributed by atoms with Gasteiger partial charge in [-0.2, -0.15) is 0 Å². The van der Waals surface area contributed by atoms with Crippen LogP contribution in [0, 0.1) is 0 Å². The van der Waals surface area contributed by atoms with Crippen LogP contribution in [0.3, 0.4) is 0 Å². The highest BCUT2D eigenvalue weighted by molar-refractivity contribution is 9.10. The Morgan fingerprint density at radius 3 is 2.27 bits per heavy atom. The van der Waals surface area contributed by atoms with E-state index in [0.29, 0.717) is 0 Å². The maximum absolute atomic E-state index is 11.3. The summed E-state index contributed by atoms with van der Waals surface area (Å²) in [7, 11) is -1.60. The van der Waals surface area contributed by atoms with Crippen molar-refractivity contribution in [2.75, 3.05) is 7.05 Å². The van der Waals surface area contributed by atoms with Gasteiger partial charge in [0.15, 0.2) is 0 Å². The highest BCUT2D eigenvalue weighted by Gasteiger charge is 2.14. The van der Waals surface area contributed by atoms with Gasteiger partial charge in [0.2, 0.25) is 10.0 Å². The molecule has 0 aliphatic rings. The van der Waals surface area contributed by atoms with E-state index in [-0.39, 0.29) is 10.9 Å². The highest BCUT2D eigenvalue weighted by Crippen LogP contribution is 2.24. The van der Waals surface area contributed by atoms with Gasteiger partial charge in [0.1, 0.15) is 0 Å². The van der Waals surface area contributed by atoms with Crippen molar-refractivity contribution in [1.29, 1.82) is 0 Å². The summed E-state index contributed by atoms with van der Waals surface area (Å²) in [6.45, 7) is 2.88. The summed E-state index contributed by atoms with van der Waals surface area (Å²) in [5.41, 5.74) is 2.25. The maximum Gasteiger partial charge on any atom is 0.238 e. The topological polar surface area (TPSA) is 63.4 Å². The summed E-state index contributed by atoms with van der Waals surface area (Å²) in [5, 5.41) is 5.12. The zero-order valence-electron chi connectivity index (χ0n) is 12.5.